The summed E-state index contributed by atoms with van der Waals surface area (Å²) in [6, 6.07) is 0. The first-order valence-corrected chi connectivity index (χ1v) is 7.51. The fourth-order valence-electron chi connectivity index (χ4n) is 1.13. The van der Waals surface area contributed by atoms with Crippen molar-refractivity contribution in [2.24, 2.45) is 0 Å². The van der Waals surface area contributed by atoms with Gasteiger partial charge in [-0.05, 0) is 0 Å². The maximum Gasteiger partial charge on any atom is 0.359 e. The second-order valence-corrected chi connectivity index (χ2v) is 8.07. The van der Waals surface area contributed by atoms with Crippen LogP contribution in [0.25, 0.3) is 0 Å². The van der Waals surface area contributed by atoms with E-state index >= 15 is 0 Å². The third kappa shape index (κ3) is 26.8. The second-order valence-electron chi connectivity index (χ2n) is 6.50. The largest absolute Gasteiger partial charge is 0.477 e. The molecule has 0 aliphatic rings. The Morgan fingerprint density at radius 3 is 1.58 bits per heavy atom. The van der Waals surface area contributed by atoms with Gasteiger partial charge in [0, 0.05) is 6.42 Å². The Labute approximate surface area is 116 Å². The van der Waals surface area contributed by atoms with Crippen molar-refractivity contribution in [3.8, 4) is 0 Å². The van der Waals surface area contributed by atoms with Crippen LogP contribution in [0.15, 0.2) is 0 Å². The molecule has 0 rings (SSSR count). The summed E-state index contributed by atoms with van der Waals surface area (Å²) < 4.78 is 30.1. The van der Waals surface area contributed by atoms with Gasteiger partial charge < -0.3 is 14.1 Å². The molecule has 0 atom stereocenters. The number of quaternary nitrogens is 2. The molecule has 0 unspecified atom stereocenters. The molecule has 0 aromatic carbocycles. The van der Waals surface area contributed by atoms with E-state index in [1.165, 1.54) is 0 Å². The monoisotopic (exact) mass is 300 g/mol. The highest BCUT2D eigenvalue weighted by atomic mass is 32.2. The summed E-state index contributed by atoms with van der Waals surface area (Å²) in [7, 11) is 7.70. The van der Waals surface area contributed by atoms with Gasteiger partial charge in [0.05, 0.1) is 54.6 Å². The molecule has 8 heteroatoms. The number of hydrogen-bond acceptors (Lipinski definition) is 3. The summed E-state index contributed by atoms with van der Waals surface area (Å²) in [5.41, 5.74) is 0. The van der Waals surface area contributed by atoms with Crippen LogP contribution in [-0.4, -0.2) is 94.1 Å². The first-order valence-electron chi connectivity index (χ1n) is 5.90. The molecule has 0 bridgehead atoms. The maximum atomic E-state index is 10.3. The number of nitrogens with zero attached hydrogens (tertiary/aromatic N) is 2. The van der Waals surface area contributed by atoms with Crippen molar-refractivity contribution < 1.29 is 31.8 Å². The summed E-state index contributed by atoms with van der Waals surface area (Å²) in [5, 5.41) is 8.23. The lowest BCUT2D eigenvalue weighted by Gasteiger charge is -2.23. The van der Waals surface area contributed by atoms with Crippen molar-refractivity contribution >= 4 is 16.1 Å². The Kier molecular flexibility index (Phi) is 8.45. The van der Waals surface area contributed by atoms with Gasteiger partial charge in [0.25, 0.3) is 10.1 Å². The van der Waals surface area contributed by atoms with Crippen LogP contribution in [0.5, 0.6) is 0 Å². The smallest absolute Gasteiger partial charge is 0.359 e. The zero-order chi connectivity index (χ0) is 15.9. The molecular weight excluding hydrogens is 272 g/mol. The molecular formula is C11H28N2O5S+2. The van der Waals surface area contributed by atoms with Crippen LogP contribution in [0.1, 0.15) is 6.42 Å². The van der Waals surface area contributed by atoms with Crippen LogP contribution in [0.3, 0.4) is 0 Å². The van der Waals surface area contributed by atoms with Crippen molar-refractivity contribution in [3.05, 3.63) is 0 Å². The van der Waals surface area contributed by atoms with Gasteiger partial charge in [-0.15, -0.1) is 0 Å². The third-order valence-electron chi connectivity index (χ3n) is 1.84. The lowest BCUT2D eigenvalue weighted by molar-refractivity contribution is -0.870. The fourth-order valence-corrected chi connectivity index (χ4v) is 1.62. The predicted molar refractivity (Wildman–Crippen MR) is 74.5 cm³/mol. The lowest BCUT2D eigenvalue weighted by atomic mass is 10.4. The van der Waals surface area contributed by atoms with Crippen molar-refractivity contribution in [3.63, 3.8) is 0 Å². The molecule has 0 fully saturated rings. The summed E-state index contributed by atoms with van der Waals surface area (Å²) in [5.74, 6) is -0.889. The van der Waals surface area contributed by atoms with Crippen LogP contribution >= 0.6 is 0 Å². The van der Waals surface area contributed by atoms with Crippen LogP contribution in [-0.2, 0) is 14.9 Å². The number of rotatable bonds is 6. The minimum Gasteiger partial charge on any atom is -0.477 e. The van der Waals surface area contributed by atoms with Gasteiger partial charge in [-0.1, -0.05) is 0 Å². The van der Waals surface area contributed by atoms with Crippen LogP contribution in [0.2, 0.25) is 0 Å². The van der Waals surface area contributed by atoms with Crippen LogP contribution in [0.4, 0.5) is 0 Å². The van der Waals surface area contributed by atoms with E-state index in [1.54, 1.807) is 0 Å². The molecule has 0 saturated carbocycles. The van der Waals surface area contributed by atoms with E-state index in [9.17, 15) is 13.2 Å². The molecule has 2 N–H and O–H groups in total. The maximum absolute atomic E-state index is 10.3. The second kappa shape index (κ2) is 7.78. The van der Waals surface area contributed by atoms with E-state index in [0.717, 1.165) is 11.0 Å². The standard InChI is InChI=1S/C6H15NO3S.C5H11NO2/c1-7(2,3)5-4-6-11(8,9)10;1-6(2,3)4-5(7)8/h4-6H2,1-3H3;4H2,1-3H3/p+2. The molecule has 0 saturated heterocycles. The van der Waals surface area contributed by atoms with E-state index in [0.29, 0.717) is 10.9 Å². The molecule has 0 amide bonds. The number of carboxylic acid groups (broad SMARTS) is 1. The first-order chi connectivity index (χ1) is 8.12. The SMILES string of the molecule is C[N+](C)(C)CC(=O)O.C[N+](C)(C)CCCS(=O)(=O)O. The van der Waals surface area contributed by atoms with Gasteiger partial charge in [0.1, 0.15) is 0 Å². The first kappa shape index (κ1) is 20.6. The van der Waals surface area contributed by atoms with Gasteiger partial charge in [-0.3, -0.25) is 4.55 Å². The normalized spacial score (nSPS) is 12.6. The number of carbonyl (C=O) groups is 1. The zero-order valence-electron chi connectivity index (χ0n) is 12.8. The molecule has 0 heterocycles. The molecule has 0 spiro atoms. The number of carboxylic acids is 1. The van der Waals surface area contributed by atoms with Crippen molar-refractivity contribution in [2.45, 2.75) is 6.42 Å². The quantitative estimate of drug-likeness (QED) is 0.521. The van der Waals surface area contributed by atoms with Crippen molar-refractivity contribution in [1.82, 2.24) is 0 Å². The van der Waals surface area contributed by atoms with Crippen molar-refractivity contribution in [2.75, 3.05) is 61.1 Å². The highest BCUT2D eigenvalue weighted by molar-refractivity contribution is 7.85. The van der Waals surface area contributed by atoms with Crippen molar-refractivity contribution in [1.29, 1.82) is 0 Å². The molecule has 7 nitrogen and oxygen atoms in total. The predicted octanol–water partition coefficient (Wildman–Crippen LogP) is -0.252. The van der Waals surface area contributed by atoms with Gasteiger partial charge in [-0.2, -0.15) is 8.42 Å². The summed E-state index contributed by atoms with van der Waals surface area (Å²) in [6.07, 6.45) is 0.502. The molecule has 0 aromatic rings. The molecule has 0 aromatic heterocycles. The summed E-state index contributed by atoms with van der Waals surface area (Å²) >= 11 is 0. The molecule has 0 radical (unpaired) electrons. The Balaban J connectivity index is 0. The summed E-state index contributed by atoms with van der Waals surface area (Å²) in [4.78, 5) is 10.00. The van der Waals surface area contributed by atoms with Gasteiger partial charge in [0.2, 0.25) is 0 Å². The van der Waals surface area contributed by atoms with E-state index in [-0.39, 0.29) is 12.3 Å². The molecule has 116 valence electrons. The van der Waals surface area contributed by atoms with Crippen LogP contribution < -0.4 is 0 Å². The van der Waals surface area contributed by atoms with Gasteiger partial charge >= 0.3 is 5.97 Å². The van der Waals surface area contributed by atoms with Gasteiger partial charge in [-0.25, -0.2) is 4.79 Å². The third-order valence-corrected chi connectivity index (χ3v) is 2.65. The Hall–Kier alpha value is -0.700. The molecule has 0 aliphatic heterocycles. The Morgan fingerprint density at radius 2 is 1.42 bits per heavy atom. The van der Waals surface area contributed by atoms with Crippen LogP contribution in [0, 0.1) is 0 Å². The minimum atomic E-state index is -3.76. The summed E-state index contributed by atoms with van der Waals surface area (Å²) in [6.45, 7) is 0.930. The lowest BCUT2D eigenvalue weighted by Crippen LogP contribution is -2.39. The molecule has 0 aliphatic carbocycles. The Bertz CT molecular complexity index is 366. The zero-order valence-corrected chi connectivity index (χ0v) is 13.6. The number of likely N-dealkylation sites (N-methyl/N-ethyl adjacent to an activating group) is 1. The highest BCUT2D eigenvalue weighted by Crippen LogP contribution is 1.95. The van der Waals surface area contributed by atoms with Gasteiger partial charge in [0.15, 0.2) is 6.54 Å². The van der Waals surface area contributed by atoms with E-state index < -0.39 is 16.1 Å². The molecule has 19 heavy (non-hydrogen) atoms. The average Bonchev–Trinajstić information content (AvgIpc) is 1.92. The highest BCUT2D eigenvalue weighted by Gasteiger charge is 2.11. The Morgan fingerprint density at radius 1 is 1.00 bits per heavy atom. The van der Waals surface area contributed by atoms with E-state index in [1.807, 2.05) is 42.3 Å². The average molecular weight is 300 g/mol. The minimum absolute atomic E-state index is 0.136. The number of aliphatic carboxylic acids is 1. The number of hydrogen-bond donors (Lipinski definition) is 2. The van der Waals surface area contributed by atoms with E-state index in [2.05, 4.69) is 0 Å². The topological polar surface area (TPSA) is 91.7 Å². The fraction of sp³-hybridized carbons (Fsp3) is 0.909. The van der Waals surface area contributed by atoms with E-state index in [4.69, 9.17) is 9.66 Å².